The van der Waals surface area contributed by atoms with Crippen LogP contribution in [-0.4, -0.2) is 15.3 Å². The van der Waals surface area contributed by atoms with Crippen molar-refractivity contribution >= 4 is 39.8 Å². The molecule has 11 heavy (non-hydrogen) atoms. The Labute approximate surface area is 77.2 Å². The Bertz CT molecular complexity index is 263. The van der Waals surface area contributed by atoms with Crippen molar-refractivity contribution in [1.82, 2.24) is 10.2 Å². The first-order valence-corrected chi connectivity index (χ1v) is 4.96. The summed E-state index contributed by atoms with van der Waals surface area (Å²) in [7, 11) is 0. The highest BCUT2D eigenvalue weighted by Crippen LogP contribution is 2.23. The number of hydrogen-bond donors (Lipinski definition) is 0. The molecule has 0 N–H and O–H groups in total. The Hall–Kier alpha value is -0.130. The minimum Gasteiger partial charge on any atom is -0.287 e. The summed E-state index contributed by atoms with van der Waals surface area (Å²) in [5.74, 6) is 0.357. The molecule has 0 aliphatic carbocycles. The Morgan fingerprint density at radius 1 is 1.73 bits per heavy atom. The van der Waals surface area contributed by atoms with Crippen LogP contribution in [0.15, 0.2) is 4.34 Å². The fraction of sp³-hybridized carbons (Fsp3) is 0.400. The number of nitrogens with zero attached hydrogens (tertiary/aromatic N) is 2. The second-order valence-electron chi connectivity index (χ2n) is 1.69. The zero-order valence-corrected chi connectivity index (χ0v) is 8.09. The van der Waals surface area contributed by atoms with Crippen molar-refractivity contribution < 1.29 is 4.79 Å². The van der Waals surface area contributed by atoms with Gasteiger partial charge < -0.3 is 0 Å². The molecule has 0 unspecified atom stereocenters. The van der Waals surface area contributed by atoms with E-state index in [1.54, 1.807) is 0 Å². The monoisotopic (exact) mass is 208 g/mol. The van der Waals surface area contributed by atoms with Gasteiger partial charge in [-0.1, -0.05) is 11.3 Å². The van der Waals surface area contributed by atoms with E-state index in [1.165, 1.54) is 18.3 Å². The molecule has 0 atom stereocenters. The fourth-order valence-corrected chi connectivity index (χ4v) is 2.23. The SMILES string of the molecule is CC(=O)Sc1nnc(CCl)s1. The van der Waals surface area contributed by atoms with Crippen LogP contribution in [0.3, 0.4) is 0 Å². The molecule has 0 bridgehead atoms. The Morgan fingerprint density at radius 2 is 2.45 bits per heavy atom. The summed E-state index contributed by atoms with van der Waals surface area (Å²) in [5.41, 5.74) is 0. The molecule has 0 amide bonds. The van der Waals surface area contributed by atoms with E-state index in [-0.39, 0.29) is 5.12 Å². The predicted molar refractivity (Wildman–Crippen MR) is 46.0 cm³/mol. The van der Waals surface area contributed by atoms with E-state index < -0.39 is 0 Å². The fourth-order valence-electron chi connectivity index (χ4n) is 0.456. The van der Waals surface area contributed by atoms with Crippen LogP contribution in [0.1, 0.15) is 11.9 Å². The second kappa shape index (κ2) is 4.04. The van der Waals surface area contributed by atoms with Gasteiger partial charge in [0.05, 0.1) is 5.88 Å². The molecule has 0 aromatic carbocycles. The van der Waals surface area contributed by atoms with E-state index in [2.05, 4.69) is 10.2 Å². The first kappa shape index (κ1) is 8.96. The maximum atomic E-state index is 10.6. The molecule has 0 aliphatic heterocycles. The van der Waals surface area contributed by atoms with Gasteiger partial charge in [-0.3, -0.25) is 4.79 Å². The molecule has 0 aliphatic rings. The van der Waals surface area contributed by atoms with Crippen molar-refractivity contribution in [2.24, 2.45) is 0 Å². The predicted octanol–water partition coefficient (Wildman–Crippen LogP) is 1.92. The molecular weight excluding hydrogens is 204 g/mol. The molecule has 0 radical (unpaired) electrons. The molecule has 1 rings (SSSR count). The van der Waals surface area contributed by atoms with Crippen LogP contribution in [-0.2, 0) is 10.7 Å². The topological polar surface area (TPSA) is 42.9 Å². The van der Waals surface area contributed by atoms with Gasteiger partial charge >= 0.3 is 0 Å². The van der Waals surface area contributed by atoms with Crippen LogP contribution < -0.4 is 0 Å². The zero-order chi connectivity index (χ0) is 8.27. The second-order valence-corrected chi connectivity index (χ2v) is 4.44. The molecule has 6 heteroatoms. The molecule has 0 saturated heterocycles. The summed E-state index contributed by atoms with van der Waals surface area (Å²) in [6, 6.07) is 0. The van der Waals surface area contributed by atoms with Gasteiger partial charge in [0.1, 0.15) is 5.01 Å². The summed E-state index contributed by atoms with van der Waals surface area (Å²) in [6.45, 7) is 1.49. The van der Waals surface area contributed by atoms with Crippen molar-refractivity contribution in [3.8, 4) is 0 Å². The van der Waals surface area contributed by atoms with E-state index in [9.17, 15) is 4.79 Å². The van der Waals surface area contributed by atoms with E-state index in [0.29, 0.717) is 10.2 Å². The first-order valence-electron chi connectivity index (χ1n) is 2.79. The number of alkyl halides is 1. The Balaban J connectivity index is 2.65. The maximum Gasteiger partial charge on any atom is 0.192 e. The zero-order valence-electron chi connectivity index (χ0n) is 5.70. The lowest BCUT2D eigenvalue weighted by atomic mass is 10.9. The molecular formula is C5H5ClN2OS2. The number of hydrogen-bond acceptors (Lipinski definition) is 5. The van der Waals surface area contributed by atoms with Crippen LogP contribution in [0.5, 0.6) is 0 Å². The smallest absolute Gasteiger partial charge is 0.192 e. The molecule has 1 aromatic rings. The van der Waals surface area contributed by atoms with Gasteiger partial charge in [-0.2, -0.15) is 0 Å². The van der Waals surface area contributed by atoms with Gasteiger partial charge in [0.25, 0.3) is 0 Å². The van der Waals surface area contributed by atoms with E-state index >= 15 is 0 Å². The van der Waals surface area contributed by atoms with E-state index in [1.807, 2.05) is 0 Å². The summed E-state index contributed by atoms with van der Waals surface area (Å²) in [6.07, 6.45) is 0. The van der Waals surface area contributed by atoms with Crippen molar-refractivity contribution in [2.45, 2.75) is 17.1 Å². The highest BCUT2D eigenvalue weighted by atomic mass is 35.5. The van der Waals surface area contributed by atoms with E-state index in [4.69, 9.17) is 11.6 Å². The lowest BCUT2D eigenvalue weighted by Gasteiger charge is -1.83. The third-order valence-electron chi connectivity index (χ3n) is 0.794. The highest BCUT2D eigenvalue weighted by Gasteiger charge is 2.05. The molecule has 1 heterocycles. The number of aromatic nitrogens is 2. The largest absolute Gasteiger partial charge is 0.287 e. The van der Waals surface area contributed by atoms with Crippen LogP contribution in [0.2, 0.25) is 0 Å². The lowest BCUT2D eigenvalue weighted by Crippen LogP contribution is -1.79. The Morgan fingerprint density at radius 3 is 2.91 bits per heavy atom. The van der Waals surface area contributed by atoms with Crippen LogP contribution in [0.4, 0.5) is 0 Å². The summed E-state index contributed by atoms with van der Waals surface area (Å²) >= 11 is 7.92. The van der Waals surface area contributed by atoms with Crippen molar-refractivity contribution in [3.05, 3.63) is 5.01 Å². The minimum atomic E-state index is 0.0160. The summed E-state index contributed by atoms with van der Waals surface area (Å²) < 4.78 is 0.660. The van der Waals surface area contributed by atoms with Crippen molar-refractivity contribution in [3.63, 3.8) is 0 Å². The molecule has 3 nitrogen and oxygen atoms in total. The average Bonchev–Trinajstić information content (AvgIpc) is 2.34. The summed E-state index contributed by atoms with van der Waals surface area (Å²) in [5, 5.41) is 8.27. The molecule has 60 valence electrons. The standard InChI is InChI=1S/C5H5ClN2OS2/c1-3(9)10-5-8-7-4(2-6)11-5/h2H2,1H3. The molecule has 0 saturated carbocycles. The molecule has 0 spiro atoms. The minimum absolute atomic E-state index is 0.0160. The van der Waals surface area contributed by atoms with Gasteiger partial charge in [0.15, 0.2) is 9.45 Å². The quantitative estimate of drug-likeness (QED) is 0.550. The number of rotatable bonds is 2. The van der Waals surface area contributed by atoms with Gasteiger partial charge in [0, 0.05) is 6.92 Å². The van der Waals surface area contributed by atoms with Gasteiger partial charge in [-0.15, -0.1) is 21.8 Å². The first-order chi connectivity index (χ1) is 5.22. The van der Waals surface area contributed by atoms with Crippen molar-refractivity contribution in [2.75, 3.05) is 0 Å². The number of thioether (sulfide) groups is 1. The normalized spacial score (nSPS) is 10.0. The summed E-state index contributed by atoms with van der Waals surface area (Å²) in [4.78, 5) is 10.6. The van der Waals surface area contributed by atoms with Crippen LogP contribution >= 0.6 is 34.7 Å². The van der Waals surface area contributed by atoms with Crippen LogP contribution in [0, 0.1) is 0 Å². The third-order valence-corrected chi connectivity index (χ3v) is 2.97. The maximum absolute atomic E-state index is 10.6. The molecule has 0 fully saturated rings. The highest BCUT2D eigenvalue weighted by molar-refractivity contribution is 8.14. The van der Waals surface area contributed by atoms with E-state index in [0.717, 1.165) is 16.8 Å². The number of carbonyl (C=O) groups is 1. The number of halogens is 1. The van der Waals surface area contributed by atoms with Crippen LogP contribution in [0.25, 0.3) is 0 Å². The lowest BCUT2D eigenvalue weighted by molar-refractivity contribution is -0.109. The third kappa shape index (κ3) is 2.76. The molecule has 1 aromatic heterocycles. The average molecular weight is 209 g/mol. The van der Waals surface area contributed by atoms with Gasteiger partial charge in [-0.25, -0.2) is 0 Å². The van der Waals surface area contributed by atoms with Crippen molar-refractivity contribution in [1.29, 1.82) is 0 Å². The van der Waals surface area contributed by atoms with Gasteiger partial charge in [-0.05, 0) is 11.8 Å². The Kier molecular flexibility index (Phi) is 3.29. The van der Waals surface area contributed by atoms with Gasteiger partial charge in [0.2, 0.25) is 0 Å². The number of carbonyl (C=O) groups excluding carboxylic acids is 1.